The number of oxazole rings is 1. The number of halogens is 4. The summed E-state index contributed by atoms with van der Waals surface area (Å²) in [6.07, 6.45) is -1.89. The Labute approximate surface area is 169 Å². The molecule has 30 heavy (non-hydrogen) atoms. The van der Waals surface area contributed by atoms with E-state index in [0.717, 1.165) is 30.4 Å². The predicted molar refractivity (Wildman–Crippen MR) is 102 cm³/mol. The number of sulfonamides is 1. The van der Waals surface area contributed by atoms with Gasteiger partial charge in [0.2, 0.25) is 10.0 Å². The first-order valence-corrected chi connectivity index (χ1v) is 9.58. The Balaban J connectivity index is 2.73. The van der Waals surface area contributed by atoms with Crippen molar-refractivity contribution in [3.05, 3.63) is 78.9 Å². The van der Waals surface area contributed by atoms with Crippen LogP contribution >= 0.6 is 0 Å². The number of ether oxygens (including phenoxy) is 1. The fourth-order valence-electron chi connectivity index (χ4n) is 2.28. The maximum absolute atomic E-state index is 14.7. The highest BCUT2D eigenvalue weighted by atomic mass is 32.2. The molecule has 0 spiro atoms. The summed E-state index contributed by atoms with van der Waals surface area (Å²) < 4.78 is 86.7. The molecule has 2 N–H and O–H groups in total. The van der Waals surface area contributed by atoms with Crippen LogP contribution in [-0.4, -0.2) is 20.5 Å². The Morgan fingerprint density at radius 1 is 1.27 bits per heavy atom. The van der Waals surface area contributed by atoms with Gasteiger partial charge in [-0.15, -0.1) is 0 Å². The van der Waals surface area contributed by atoms with Crippen LogP contribution in [0.3, 0.4) is 0 Å². The molecule has 0 saturated heterocycles. The molecule has 2 aromatic rings. The van der Waals surface area contributed by atoms with E-state index in [1.54, 1.807) is 0 Å². The van der Waals surface area contributed by atoms with Crippen LogP contribution in [0.4, 0.5) is 17.6 Å². The number of benzene rings is 1. The summed E-state index contributed by atoms with van der Waals surface area (Å²) in [5.74, 6) is -3.29. The van der Waals surface area contributed by atoms with E-state index >= 15 is 0 Å². The normalized spacial score (nSPS) is 13.3. The van der Waals surface area contributed by atoms with E-state index in [0.29, 0.717) is 0 Å². The average Bonchev–Trinajstić information content (AvgIpc) is 3.10. The summed E-state index contributed by atoms with van der Waals surface area (Å²) >= 11 is 0. The molecule has 1 heterocycles. The van der Waals surface area contributed by atoms with E-state index in [9.17, 15) is 26.0 Å². The molecule has 1 aromatic carbocycles. The number of nitrogens with zero attached hydrogens (tertiary/aromatic N) is 1. The molecule has 0 radical (unpaired) electrons. The average molecular weight is 444 g/mol. The number of alkyl halides is 3. The number of allylic oxidation sites excluding steroid dienone is 5. The molecule has 0 fully saturated rings. The summed E-state index contributed by atoms with van der Waals surface area (Å²) in [6.45, 7) is 6.84. The molecular weight excluding hydrogens is 428 g/mol. The smallest absolute Gasteiger partial charge is 0.468 e. The first-order valence-electron chi connectivity index (χ1n) is 8.03. The summed E-state index contributed by atoms with van der Waals surface area (Å²) in [5, 5.41) is 5.02. The number of methoxy groups -OCH3 is 1. The number of hydrogen-bond acceptors (Lipinski definition) is 5. The van der Waals surface area contributed by atoms with Gasteiger partial charge < -0.3 is 9.15 Å². The number of rotatable bonds is 7. The lowest BCUT2D eigenvalue weighted by atomic mass is 10.0. The van der Waals surface area contributed by atoms with Crippen molar-refractivity contribution in [2.75, 3.05) is 7.11 Å². The minimum Gasteiger partial charge on any atom is -0.497 e. The van der Waals surface area contributed by atoms with Crippen molar-refractivity contribution >= 4 is 15.6 Å². The van der Waals surface area contributed by atoms with Gasteiger partial charge in [0, 0.05) is 11.6 Å². The number of primary sulfonamides is 1. The van der Waals surface area contributed by atoms with E-state index in [1.807, 2.05) is 0 Å². The van der Waals surface area contributed by atoms with Crippen molar-refractivity contribution < 1.29 is 35.1 Å². The van der Waals surface area contributed by atoms with Gasteiger partial charge >= 0.3 is 12.1 Å². The largest absolute Gasteiger partial charge is 0.497 e. The predicted octanol–water partition coefficient (Wildman–Crippen LogP) is 4.59. The third-order valence-corrected chi connectivity index (χ3v) is 4.59. The van der Waals surface area contributed by atoms with Crippen LogP contribution in [0.15, 0.2) is 76.6 Å². The first-order chi connectivity index (χ1) is 13.9. The SMILES string of the molecule is C=C/C=C(\C(F)=C/C(=C)OC)c1oc(C(F)(F)F)nc1-c1ccc(S(N)(=O)=O)cc1. The van der Waals surface area contributed by atoms with Crippen molar-refractivity contribution in [2.24, 2.45) is 5.14 Å². The van der Waals surface area contributed by atoms with Gasteiger partial charge in [0.05, 0.1) is 17.6 Å². The lowest BCUT2D eigenvalue weighted by molar-refractivity contribution is -0.157. The molecule has 0 bridgehead atoms. The Kier molecular flexibility index (Phi) is 6.68. The summed E-state index contributed by atoms with van der Waals surface area (Å²) in [7, 11) is -2.79. The molecule has 0 unspecified atom stereocenters. The Bertz CT molecular complexity index is 1130. The van der Waals surface area contributed by atoms with Crippen molar-refractivity contribution in [3.63, 3.8) is 0 Å². The molecule has 2 rings (SSSR count). The molecule has 0 aliphatic carbocycles. The van der Waals surface area contributed by atoms with E-state index in [2.05, 4.69) is 18.1 Å². The minimum atomic E-state index is -4.96. The second-order valence-corrected chi connectivity index (χ2v) is 7.30. The van der Waals surface area contributed by atoms with Crippen LogP contribution in [0, 0.1) is 0 Å². The fourth-order valence-corrected chi connectivity index (χ4v) is 2.80. The van der Waals surface area contributed by atoms with Crippen LogP contribution < -0.4 is 5.14 Å². The van der Waals surface area contributed by atoms with Gasteiger partial charge in [-0.05, 0) is 18.2 Å². The highest BCUT2D eigenvalue weighted by molar-refractivity contribution is 7.89. The fraction of sp³-hybridized carbons (Fsp3) is 0.105. The summed E-state index contributed by atoms with van der Waals surface area (Å²) in [6, 6.07) is 4.49. The van der Waals surface area contributed by atoms with Gasteiger partial charge in [-0.1, -0.05) is 31.4 Å². The van der Waals surface area contributed by atoms with Crippen LogP contribution in [0.1, 0.15) is 11.7 Å². The molecule has 0 amide bonds. The summed E-state index contributed by atoms with van der Waals surface area (Å²) in [4.78, 5) is 3.17. The Morgan fingerprint density at radius 3 is 2.33 bits per heavy atom. The Hall–Kier alpha value is -3.18. The van der Waals surface area contributed by atoms with E-state index in [-0.39, 0.29) is 21.9 Å². The van der Waals surface area contributed by atoms with Crippen molar-refractivity contribution in [2.45, 2.75) is 11.1 Å². The third-order valence-electron chi connectivity index (χ3n) is 3.66. The quantitative estimate of drug-likeness (QED) is 0.383. The number of hydrogen-bond donors (Lipinski definition) is 1. The van der Waals surface area contributed by atoms with Gasteiger partial charge in [-0.2, -0.15) is 13.2 Å². The maximum Gasteiger partial charge on any atom is 0.468 e. The van der Waals surface area contributed by atoms with Gasteiger partial charge in [0.15, 0.2) is 5.76 Å². The van der Waals surface area contributed by atoms with Crippen molar-refractivity contribution in [3.8, 4) is 11.3 Å². The van der Waals surface area contributed by atoms with Crippen LogP contribution in [0.2, 0.25) is 0 Å². The van der Waals surface area contributed by atoms with Crippen molar-refractivity contribution in [1.29, 1.82) is 0 Å². The molecule has 6 nitrogen and oxygen atoms in total. The van der Waals surface area contributed by atoms with Gasteiger partial charge in [0.1, 0.15) is 17.3 Å². The molecular formula is C19H16F4N2O4S. The Morgan fingerprint density at radius 2 is 1.87 bits per heavy atom. The van der Waals surface area contributed by atoms with E-state index in [4.69, 9.17) is 14.3 Å². The summed E-state index contributed by atoms with van der Waals surface area (Å²) in [5.41, 5.74) is -0.746. The zero-order valence-corrected chi connectivity index (χ0v) is 16.3. The monoisotopic (exact) mass is 444 g/mol. The molecule has 0 atom stereocenters. The maximum atomic E-state index is 14.7. The van der Waals surface area contributed by atoms with Gasteiger partial charge in [-0.25, -0.2) is 22.9 Å². The lowest BCUT2D eigenvalue weighted by Crippen LogP contribution is -2.11. The first kappa shape index (κ1) is 23.1. The highest BCUT2D eigenvalue weighted by Gasteiger charge is 2.39. The molecule has 11 heteroatoms. The van der Waals surface area contributed by atoms with Crippen molar-refractivity contribution in [1.82, 2.24) is 4.98 Å². The standard InChI is InChI=1S/C19H16F4N2O4S/c1-4-5-14(15(20)10-11(2)28-3)17-16(25-18(29-17)19(21,22)23)12-6-8-13(9-7-12)30(24,26)27/h4-10H,1-2H2,3H3,(H2,24,26,27)/b14-5+,15-10+. The molecule has 0 saturated carbocycles. The second kappa shape index (κ2) is 8.67. The third kappa shape index (κ3) is 5.24. The second-order valence-electron chi connectivity index (χ2n) is 5.74. The molecule has 0 aliphatic rings. The van der Waals surface area contributed by atoms with Crippen LogP contribution in [-0.2, 0) is 20.9 Å². The molecule has 160 valence electrons. The van der Waals surface area contributed by atoms with Crippen LogP contribution in [0.25, 0.3) is 16.8 Å². The lowest BCUT2D eigenvalue weighted by Gasteiger charge is -2.06. The topological polar surface area (TPSA) is 95.4 Å². The zero-order chi connectivity index (χ0) is 22.7. The van der Waals surface area contributed by atoms with E-state index in [1.165, 1.54) is 19.2 Å². The highest BCUT2D eigenvalue weighted by Crippen LogP contribution is 2.39. The minimum absolute atomic E-state index is 0.0324. The number of nitrogens with two attached hydrogens (primary N) is 1. The van der Waals surface area contributed by atoms with Gasteiger partial charge in [-0.3, -0.25) is 0 Å². The zero-order valence-electron chi connectivity index (χ0n) is 15.5. The number of aromatic nitrogens is 1. The molecule has 0 aliphatic heterocycles. The van der Waals surface area contributed by atoms with E-state index < -0.39 is 39.3 Å². The molecule has 1 aromatic heterocycles. The van der Waals surface area contributed by atoms with Crippen LogP contribution in [0.5, 0.6) is 0 Å². The van der Waals surface area contributed by atoms with Gasteiger partial charge in [0.25, 0.3) is 0 Å².